The molecule has 0 atom stereocenters. The smallest absolute Gasteiger partial charge is 0.341 e. The van der Waals surface area contributed by atoms with Crippen molar-refractivity contribution in [2.75, 3.05) is 65.0 Å². The highest BCUT2D eigenvalue weighted by Crippen LogP contribution is 2.21. The number of hydrogen-bond donors (Lipinski definition) is 0. The number of nitrogens with zero attached hydrogens (tertiary/aromatic N) is 3. The average molecular weight is 409 g/mol. The first-order valence-electron chi connectivity index (χ1n) is 9.11. The molecule has 9 nitrogen and oxygen atoms in total. The van der Waals surface area contributed by atoms with Crippen molar-refractivity contribution in [3.05, 3.63) is 23.9 Å². The summed E-state index contributed by atoms with van der Waals surface area (Å²) >= 11 is 1.18. The summed E-state index contributed by atoms with van der Waals surface area (Å²) in [5.74, 6) is -0.738. The van der Waals surface area contributed by atoms with Crippen LogP contribution in [0.3, 0.4) is 0 Å². The van der Waals surface area contributed by atoms with Gasteiger partial charge in [0.2, 0.25) is 5.91 Å². The molecule has 0 bridgehead atoms. The molecule has 0 saturated carbocycles. The molecule has 152 valence electrons. The lowest BCUT2D eigenvalue weighted by Crippen LogP contribution is -2.42. The van der Waals surface area contributed by atoms with Crippen LogP contribution in [0, 0.1) is 0 Å². The number of carbonyl (C=O) groups excluding carboxylic acids is 3. The summed E-state index contributed by atoms with van der Waals surface area (Å²) in [6.45, 7) is 3.84. The first-order chi connectivity index (χ1) is 13.6. The topological polar surface area (TPSA) is 98.3 Å². The highest BCUT2D eigenvalue weighted by atomic mass is 32.2. The quantitative estimate of drug-likeness (QED) is 0.480. The van der Waals surface area contributed by atoms with Gasteiger partial charge in [-0.15, -0.1) is 0 Å². The van der Waals surface area contributed by atoms with E-state index >= 15 is 0 Å². The van der Waals surface area contributed by atoms with Gasteiger partial charge >= 0.3 is 5.97 Å². The Morgan fingerprint density at radius 1 is 1.00 bits per heavy atom. The molecular formula is C18H23N3O6S. The van der Waals surface area contributed by atoms with Crippen LogP contribution in [0.5, 0.6) is 0 Å². The van der Waals surface area contributed by atoms with Gasteiger partial charge in [0.05, 0.1) is 37.7 Å². The molecule has 3 heterocycles. The standard InChI is InChI=1S/C18H23N3O6S/c22-15(20-4-8-25-9-5-20)12-27-18(24)14-2-1-3-19-17(14)28-13-16(23)21-6-10-26-11-7-21/h1-3H,4-13H2. The Kier molecular flexibility index (Phi) is 7.63. The van der Waals surface area contributed by atoms with Gasteiger partial charge in [0.1, 0.15) is 5.03 Å². The van der Waals surface area contributed by atoms with Gasteiger partial charge in [-0.3, -0.25) is 9.59 Å². The van der Waals surface area contributed by atoms with Gasteiger partial charge in [0.25, 0.3) is 5.91 Å². The van der Waals surface area contributed by atoms with E-state index in [2.05, 4.69) is 4.98 Å². The van der Waals surface area contributed by atoms with E-state index in [0.717, 1.165) is 0 Å². The van der Waals surface area contributed by atoms with E-state index in [-0.39, 0.29) is 29.7 Å². The Hall–Kier alpha value is -2.17. The van der Waals surface area contributed by atoms with Crippen LogP contribution in [0.15, 0.2) is 23.4 Å². The maximum Gasteiger partial charge on any atom is 0.341 e. The summed E-state index contributed by atoms with van der Waals surface area (Å²) in [5, 5.41) is 0.410. The van der Waals surface area contributed by atoms with E-state index in [0.29, 0.717) is 57.6 Å². The molecule has 0 N–H and O–H groups in total. The SMILES string of the molecule is O=C(OCC(=O)N1CCOCC1)c1cccnc1SCC(=O)N1CCOCC1. The van der Waals surface area contributed by atoms with Crippen molar-refractivity contribution in [1.29, 1.82) is 0 Å². The van der Waals surface area contributed by atoms with Gasteiger partial charge in [0.15, 0.2) is 6.61 Å². The number of amides is 2. The lowest BCUT2D eigenvalue weighted by Gasteiger charge is -2.26. The summed E-state index contributed by atoms with van der Waals surface area (Å²) in [6, 6.07) is 3.20. The zero-order valence-corrected chi connectivity index (χ0v) is 16.3. The molecule has 2 aliphatic rings. The lowest BCUT2D eigenvalue weighted by atomic mass is 10.3. The molecule has 0 spiro atoms. The third-order valence-corrected chi connectivity index (χ3v) is 5.37. The van der Waals surface area contributed by atoms with Crippen molar-refractivity contribution < 1.29 is 28.6 Å². The molecule has 1 aromatic heterocycles. The number of morpholine rings is 2. The highest BCUT2D eigenvalue weighted by molar-refractivity contribution is 8.00. The number of thioether (sulfide) groups is 1. The first-order valence-corrected chi connectivity index (χ1v) is 10.1. The molecule has 2 saturated heterocycles. The van der Waals surface area contributed by atoms with Gasteiger partial charge in [0, 0.05) is 32.4 Å². The minimum Gasteiger partial charge on any atom is -0.452 e. The van der Waals surface area contributed by atoms with Crippen molar-refractivity contribution in [2.45, 2.75) is 5.03 Å². The second-order valence-electron chi connectivity index (χ2n) is 6.21. The molecule has 2 fully saturated rings. The third kappa shape index (κ3) is 5.66. The monoisotopic (exact) mass is 409 g/mol. The van der Waals surface area contributed by atoms with Crippen LogP contribution < -0.4 is 0 Å². The van der Waals surface area contributed by atoms with Crippen LogP contribution in [0.2, 0.25) is 0 Å². The molecular weight excluding hydrogens is 386 g/mol. The van der Waals surface area contributed by atoms with E-state index in [4.69, 9.17) is 14.2 Å². The molecule has 0 radical (unpaired) electrons. The predicted octanol–water partition coefficient (Wildman–Crippen LogP) is 0.0481. The molecule has 2 amide bonds. The highest BCUT2D eigenvalue weighted by Gasteiger charge is 2.22. The Balaban J connectivity index is 1.52. The Morgan fingerprint density at radius 2 is 1.61 bits per heavy atom. The molecule has 2 aliphatic heterocycles. The van der Waals surface area contributed by atoms with Crippen LogP contribution in [0.25, 0.3) is 0 Å². The van der Waals surface area contributed by atoms with Crippen LogP contribution in [-0.4, -0.2) is 97.5 Å². The maximum absolute atomic E-state index is 12.4. The fourth-order valence-electron chi connectivity index (χ4n) is 2.80. The normalized spacial score (nSPS) is 17.3. The van der Waals surface area contributed by atoms with E-state index in [1.54, 1.807) is 28.1 Å². The number of carbonyl (C=O) groups is 3. The van der Waals surface area contributed by atoms with Gasteiger partial charge in [-0.1, -0.05) is 11.8 Å². The summed E-state index contributed by atoms with van der Waals surface area (Å²) in [4.78, 5) is 44.4. The van der Waals surface area contributed by atoms with E-state index in [9.17, 15) is 14.4 Å². The molecule has 28 heavy (non-hydrogen) atoms. The second-order valence-corrected chi connectivity index (χ2v) is 7.17. The van der Waals surface area contributed by atoms with Crippen LogP contribution >= 0.6 is 11.8 Å². The van der Waals surface area contributed by atoms with Crippen LogP contribution in [0.4, 0.5) is 0 Å². The minimum atomic E-state index is -0.629. The number of esters is 1. The van der Waals surface area contributed by atoms with Gasteiger partial charge in [-0.25, -0.2) is 9.78 Å². The maximum atomic E-state index is 12.4. The molecule has 3 rings (SSSR count). The van der Waals surface area contributed by atoms with Gasteiger partial charge < -0.3 is 24.0 Å². The zero-order chi connectivity index (χ0) is 19.8. The lowest BCUT2D eigenvalue weighted by molar-refractivity contribution is -0.138. The first kappa shape index (κ1) is 20.6. The van der Waals surface area contributed by atoms with Crippen molar-refractivity contribution in [3.8, 4) is 0 Å². The van der Waals surface area contributed by atoms with Crippen LogP contribution in [-0.2, 0) is 23.8 Å². The number of rotatable bonds is 6. The van der Waals surface area contributed by atoms with Crippen LogP contribution in [0.1, 0.15) is 10.4 Å². The molecule has 0 aliphatic carbocycles. The van der Waals surface area contributed by atoms with E-state index in [1.807, 2.05) is 0 Å². The zero-order valence-electron chi connectivity index (χ0n) is 15.5. The molecule has 0 aromatic carbocycles. The molecule has 0 unspecified atom stereocenters. The predicted molar refractivity (Wildman–Crippen MR) is 100 cm³/mol. The second kappa shape index (κ2) is 10.4. The number of pyridine rings is 1. The minimum absolute atomic E-state index is 0.0271. The molecule has 1 aromatic rings. The van der Waals surface area contributed by atoms with Crippen molar-refractivity contribution in [1.82, 2.24) is 14.8 Å². The largest absolute Gasteiger partial charge is 0.452 e. The van der Waals surface area contributed by atoms with Gasteiger partial charge in [-0.05, 0) is 12.1 Å². The summed E-state index contributed by atoms with van der Waals surface area (Å²) in [6.07, 6.45) is 1.55. The Labute approximate surface area is 167 Å². The number of hydrogen-bond acceptors (Lipinski definition) is 8. The summed E-state index contributed by atoms with van der Waals surface area (Å²) < 4.78 is 15.6. The number of aromatic nitrogens is 1. The fourth-order valence-corrected chi connectivity index (χ4v) is 3.69. The Bertz CT molecular complexity index is 704. The van der Waals surface area contributed by atoms with E-state index < -0.39 is 5.97 Å². The average Bonchev–Trinajstić information content (AvgIpc) is 2.77. The third-order valence-electron chi connectivity index (χ3n) is 4.38. The number of ether oxygens (including phenoxy) is 3. The van der Waals surface area contributed by atoms with Crippen molar-refractivity contribution in [3.63, 3.8) is 0 Å². The Morgan fingerprint density at radius 3 is 2.25 bits per heavy atom. The fraction of sp³-hybridized carbons (Fsp3) is 0.556. The summed E-state index contributed by atoms with van der Waals surface area (Å²) in [5.41, 5.74) is 0.247. The molecule has 10 heteroatoms. The van der Waals surface area contributed by atoms with Crippen molar-refractivity contribution >= 4 is 29.5 Å². The van der Waals surface area contributed by atoms with E-state index in [1.165, 1.54) is 11.8 Å². The van der Waals surface area contributed by atoms with Crippen molar-refractivity contribution in [2.24, 2.45) is 0 Å². The summed E-state index contributed by atoms with van der Waals surface area (Å²) in [7, 11) is 0. The van der Waals surface area contributed by atoms with Gasteiger partial charge in [-0.2, -0.15) is 0 Å².